The first-order valence-electron chi connectivity index (χ1n) is 4.16. The van der Waals surface area contributed by atoms with E-state index in [1.807, 2.05) is 6.07 Å². The van der Waals surface area contributed by atoms with Gasteiger partial charge in [0, 0.05) is 4.91 Å². The molecule has 0 fully saturated rings. The number of fused-ring (bicyclic) bond motifs is 1. The number of nitriles is 1. The summed E-state index contributed by atoms with van der Waals surface area (Å²) >= 11 is 0. The van der Waals surface area contributed by atoms with Gasteiger partial charge in [0.1, 0.15) is 11.0 Å². The molecule has 1 aromatic carbocycles. The maximum atomic E-state index is 11.5. The summed E-state index contributed by atoms with van der Waals surface area (Å²) in [5.74, 6) is 0. The van der Waals surface area contributed by atoms with Crippen LogP contribution in [0, 0.1) is 11.3 Å². The third-order valence-corrected chi connectivity index (χ3v) is 2.89. The minimum Gasteiger partial charge on any atom is -0.196 e. The van der Waals surface area contributed by atoms with Crippen LogP contribution in [0.4, 0.5) is 0 Å². The molecule has 0 spiro atoms. The molecule has 0 atom stereocenters. The first-order chi connectivity index (χ1) is 8.08. The van der Waals surface area contributed by atoms with Crippen LogP contribution in [0.1, 0.15) is 5.56 Å². The van der Waals surface area contributed by atoms with Gasteiger partial charge in [-0.25, -0.2) is 0 Å². The van der Waals surface area contributed by atoms with Crippen LogP contribution in [0.25, 0.3) is 21.5 Å². The molecule has 1 aromatic heterocycles. The van der Waals surface area contributed by atoms with Gasteiger partial charge in [0.2, 0.25) is 0 Å². The van der Waals surface area contributed by atoms with E-state index < -0.39 is 10.2 Å². The van der Waals surface area contributed by atoms with Crippen LogP contribution in [0.2, 0.25) is 0 Å². The maximum absolute atomic E-state index is 11.5. The smallest absolute Gasteiger partial charge is 0.196 e. The fourth-order valence-electron chi connectivity index (χ4n) is 1.22. The summed E-state index contributed by atoms with van der Waals surface area (Å²) in [6.07, 6.45) is 0. The van der Waals surface area contributed by atoms with Crippen molar-refractivity contribution in [2.75, 3.05) is 0 Å². The van der Waals surface area contributed by atoms with Crippen molar-refractivity contribution in [3.63, 3.8) is 0 Å². The third-order valence-electron chi connectivity index (χ3n) is 1.90. The molecular formula is C7H3N7O2S. The highest BCUT2D eigenvalue weighted by molar-refractivity contribution is 7.88. The molecule has 9 nitrogen and oxygen atoms in total. The van der Waals surface area contributed by atoms with Gasteiger partial charge in [-0.15, -0.1) is 9.19 Å². The lowest BCUT2D eigenvalue weighted by atomic mass is 10.2. The van der Waals surface area contributed by atoms with Crippen LogP contribution in [0.3, 0.4) is 0 Å². The van der Waals surface area contributed by atoms with Crippen LogP contribution in [-0.2, 0) is 10.2 Å². The van der Waals surface area contributed by atoms with E-state index in [1.54, 1.807) is 0 Å². The van der Waals surface area contributed by atoms with Gasteiger partial charge in [-0.3, -0.25) is 0 Å². The summed E-state index contributed by atoms with van der Waals surface area (Å²) in [6, 6.07) is 6.07. The number of aromatic nitrogens is 3. The molecular weight excluding hydrogens is 246 g/mol. The predicted octanol–water partition coefficient (Wildman–Crippen LogP) is 0.706. The van der Waals surface area contributed by atoms with Crippen LogP contribution in [0.5, 0.6) is 0 Å². The first-order valence-corrected chi connectivity index (χ1v) is 5.55. The zero-order chi connectivity index (χ0) is 12.5. The number of azide groups is 1. The Balaban J connectivity index is 2.81. The fraction of sp³-hybridized carbons (Fsp3) is 0. The minimum absolute atomic E-state index is 0.0800. The standard InChI is InChI=1S/C7H3N7O2S/c8-4-5-1-2-6-7(3-5)14(12-10-6)17(15,16)13-11-9/h1-3H. The SMILES string of the molecule is N#Cc1ccc2nnn(S(=O)(=O)N=[N+]=[N-])c2c1. The van der Waals surface area contributed by atoms with Crippen molar-refractivity contribution < 1.29 is 8.42 Å². The first kappa shape index (κ1) is 10.9. The van der Waals surface area contributed by atoms with E-state index in [0.717, 1.165) is 0 Å². The Morgan fingerprint density at radius 1 is 1.53 bits per heavy atom. The Morgan fingerprint density at radius 3 is 2.94 bits per heavy atom. The molecule has 17 heavy (non-hydrogen) atoms. The monoisotopic (exact) mass is 249 g/mol. The van der Waals surface area contributed by atoms with Crippen LogP contribution in [-0.4, -0.2) is 22.8 Å². The number of hydrogen-bond donors (Lipinski definition) is 0. The largest absolute Gasteiger partial charge is 0.345 e. The molecule has 0 amide bonds. The summed E-state index contributed by atoms with van der Waals surface area (Å²) in [6.45, 7) is 0. The fourth-order valence-corrected chi connectivity index (χ4v) is 1.90. The molecule has 0 unspecified atom stereocenters. The molecule has 0 aliphatic carbocycles. The quantitative estimate of drug-likeness (QED) is 0.438. The van der Waals surface area contributed by atoms with Crippen molar-refractivity contribution in [3.8, 4) is 6.07 Å². The molecule has 0 saturated heterocycles. The second kappa shape index (κ2) is 3.75. The van der Waals surface area contributed by atoms with E-state index in [4.69, 9.17) is 10.8 Å². The van der Waals surface area contributed by atoms with Crippen molar-refractivity contribution in [1.29, 1.82) is 5.26 Å². The third kappa shape index (κ3) is 1.76. The number of hydrogen-bond acceptors (Lipinski definition) is 5. The molecule has 0 saturated carbocycles. The Morgan fingerprint density at radius 2 is 2.29 bits per heavy atom. The zero-order valence-corrected chi connectivity index (χ0v) is 8.90. The van der Waals surface area contributed by atoms with E-state index >= 15 is 0 Å². The molecule has 84 valence electrons. The van der Waals surface area contributed by atoms with Gasteiger partial charge in [0.05, 0.1) is 16.2 Å². The number of benzene rings is 1. The summed E-state index contributed by atoms with van der Waals surface area (Å²) in [7, 11) is -4.28. The number of rotatable bonds is 2. The van der Waals surface area contributed by atoms with Gasteiger partial charge >= 0.3 is 10.2 Å². The second-order valence-corrected chi connectivity index (χ2v) is 4.30. The summed E-state index contributed by atoms with van der Waals surface area (Å²) in [4.78, 5) is 2.20. The molecule has 0 N–H and O–H groups in total. The van der Waals surface area contributed by atoms with Crippen LogP contribution in [0.15, 0.2) is 22.7 Å². The van der Waals surface area contributed by atoms with E-state index in [9.17, 15) is 8.42 Å². The van der Waals surface area contributed by atoms with Gasteiger partial charge in [-0.1, -0.05) is 5.21 Å². The van der Waals surface area contributed by atoms with Gasteiger partial charge in [0.25, 0.3) is 0 Å². The molecule has 2 aromatic rings. The van der Waals surface area contributed by atoms with Gasteiger partial charge in [-0.05, 0) is 23.7 Å². The lowest BCUT2D eigenvalue weighted by molar-refractivity contribution is 0.581. The number of nitrogens with zero attached hydrogens (tertiary/aromatic N) is 7. The molecule has 10 heteroatoms. The van der Waals surface area contributed by atoms with E-state index in [1.165, 1.54) is 18.2 Å². The lowest BCUT2D eigenvalue weighted by Gasteiger charge is -1.96. The summed E-state index contributed by atoms with van der Waals surface area (Å²) in [5.41, 5.74) is 8.74. The minimum atomic E-state index is -4.28. The Bertz CT molecular complexity index is 778. The van der Waals surface area contributed by atoms with Crippen LogP contribution < -0.4 is 0 Å². The van der Waals surface area contributed by atoms with Gasteiger partial charge in [0.15, 0.2) is 0 Å². The Kier molecular flexibility index (Phi) is 2.40. The Labute approximate surface area is 94.7 Å². The summed E-state index contributed by atoms with van der Waals surface area (Å²) < 4.78 is 26.0. The van der Waals surface area contributed by atoms with Gasteiger partial charge < -0.3 is 0 Å². The average Bonchev–Trinajstić information content (AvgIpc) is 2.71. The zero-order valence-electron chi connectivity index (χ0n) is 8.09. The van der Waals surface area contributed by atoms with E-state index in [-0.39, 0.29) is 16.6 Å². The molecule has 0 radical (unpaired) electrons. The van der Waals surface area contributed by atoms with E-state index in [2.05, 4.69) is 19.7 Å². The molecule has 2 rings (SSSR count). The highest BCUT2D eigenvalue weighted by Gasteiger charge is 2.17. The van der Waals surface area contributed by atoms with Crippen LogP contribution >= 0.6 is 0 Å². The van der Waals surface area contributed by atoms with Crippen molar-refractivity contribution in [2.24, 2.45) is 4.52 Å². The second-order valence-electron chi connectivity index (χ2n) is 2.90. The summed E-state index contributed by atoms with van der Waals surface area (Å²) in [5, 5.41) is 15.6. The van der Waals surface area contributed by atoms with Crippen molar-refractivity contribution in [2.45, 2.75) is 0 Å². The lowest BCUT2D eigenvalue weighted by Crippen LogP contribution is -2.10. The molecule has 1 heterocycles. The topological polar surface area (TPSA) is 137 Å². The average molecular weight is 249 g/mol. The van der Waals surface area contributed by atoms with Crippen molar-refractivity contribution in [3.05, 3.63) is 34.2 Å². The molecule has 0 aliphatic rings. The Hall–Kier alpha value is -2.63. The van der Waals surface area contributed by atoms with Gasteiger partial charge in [-0.2, -0.15) is 13.7 Å². The maximum Gasteiger partial charge on any atom is 0.345 e. The van der Waals surface area contributed by atoms with E-state index in [0.29, 0.717) is 4.09 Å². The molecule has 0 aliphatic heterocycles. The molecule has 0 bridgehead atoms. The van der Waals surface area contributed by atoms with Crippen molar-refractivity contribution >= 4 is 21.2 Å². The highest BCUT2D eigenvalue weighted by atomic mass is 32.2. The van der Waals surface area contributed by atoms with Crippen molar-refractivity contribution in [1.82, 2.24) is 14.4 Å². The normalized spacial score (nSPS) is 10.8. The predicted molar refractivity (Wildman–Crippen MR) is 55.7 cm³/mol. The highest BCUT2D eigenvalue weighted by Crippen LogP contribution is 2.15.